The highest BCUT2D eigenvalue weighted by Gasteiger charge is 2.14. The van der Waals surface area contributed by atoms with E-state index in [0.717, 1.165) is 50.0 Å². The fourth-order valence-electron chi connectivity index (χ4n) is 3.84. The Morgan fingerprint density at radius 2 is 1.77 bits per heavy atom. The molecule has 3 heterocycles. The summed E-state index contributed by atoms with van der Waals surface area (Å²) in [5, 5.41) is 22.3. The molecule has 5 aromatic rings. The van der Waals surface area contributed by atoms with Gasteiger partial charge in [0.2, 0.25) is 0 Å². The van der Waals surface area contributed by atoms with E-state index in [1.54, 1.807) is 6.20 Å². The number of H-pyrrole nitrogens is 1. The summed E-state index contributed by atoms with van der Waals surface area (Å²) in [5.41, 5.74) is 6.98. The van der Waals surface area contributed by atoms with Crippen LogP contribution in [-0.2, 0) is 0 Å². The monoisotopic (exact) mass is 404 g/mol. The zero-order chi connectivity index (χ0) is 21.4. The van der Waals surface area contributed by atoms with Gasteiger partial charge in [-0.3, -0.25) is 10.1 Å². The van der Waals surface area contributed by atoms with E-state index in [2.05, 4.69) is 62.7 Å². The van der Waals surface area contributed by atoms with Crippen LogP contribution in [0.4, 0.5) is 5.69 Å². The number of pyridine rings is 2. The third-order valence-electron chi connectivity index (χ3n) is 5.59. The molecule has 0 amide bonds. The second kappa shape index (κ2) is 7.54. The lowest BCUT2D eigenvalue weighted by atomic mass is 10.0. The average Bonchev–Trinajstić information content (AvgIpc) is 3.19. The van der Waals surface area contributed by atoms with Crippen LogP contribution in [0.2, 0.25) is 0 Å². The highest BCUT2D eigenvalue weighted by molar-refractivity contribution is 5.97. The quantitative estimate of drug-likeness (QED) is 0.411. The number of hydrogen-bond acceptors (Lipinski definition) is 5. The van der Waals surface area contributed by atoms with Gasteiger partial charge in [0, 0.05) is 34.8 Å². The first-order valence-electron chi connectivity index (χ1n) is 10.1. The maximum absolute atomic E-state index is 9.72. The molecule has 31 heavy (non-hydrogen) atoms. The highest BCUT2D eigenvalue weighted by Crippen LogP contribution is 2.33. The number of benzene rings is 2. The summed E-state index contributed by atoms with van der Waals surface area (Å²) in [4.78, 5) is 8.99. The molecule has 0 spiro atoms. The number of nitrogens with one attached hydrogen (secondary N) is 2. The number of anilines is 1. The Morgan fingerprint density at radius 1 is 0.968 bits per heavy atom. The van der Waals surface area contributed by atoms with E-state index >= 15 is 0 Å². The lowest BCUT2D eigenvalue weighted by Crippen LogP contribution is -2.08. The third-order valence-corrected chi connectivity index (χ3v) is 5.59. The third kappa shape index (κ3) is 3.36. The molecule has 1 unspecified atom stereocenters. The molecule has 0 fully saturated rings. The van der Waals surface area contributed by atoms with Crippen molar-refractivity contribution in [2.75, 3.05) is 5.32 Å². The van der Waals surface area contributed by atoms with E-state index in [1.165, 1.54) is 0 Å². The molecule has 6 heteroatoms. The van der Waals surface area contributed by atoms with E-state index in [0.29, 0.717) is 5.56 Å². The molecular weight excluding hydrogens is 384 g/mol. The Kier molecular flexibility index (Phi) is 4.57. The lowest BCUT2D eigenvalue weighted by molar-refractivity contribution is 0.885. The Labute approximate surface area is 179 Å². The summed E-state index contributed by atoms with van der Waals surface area (Å²) in [5.74, 6) is 0. The van der Waals surface area contributed by atoms with Crippen molar-refractivity contribution < 1.29 is 0 Å². The van der Waals surface area contributed by atoms with Crippen LogP contribution in [0.25, 0.3) is 33.1 Å². The molecule has 0 saturated carbocycles. The average molecular weight is 404 g/mol. The molecule has 1 atom stereocenters. The van der Waals surface area contributed by atoms with Crippen molar-refractivity contribution in [1.82, 2.24) is 20.2 Å². The van der Waals surface area contributed by atoms with Crippen LogP contribution >= 0.6 is 0 Å². The summed E-state index contributed by atoms with van der Waals surface area (Å²) in [6.45, 7) is 4.05. The van der Waals surface area contributed by atoms with E-state index in [9.17, 15) is 5.26 Å². The largest absolute Gasteiger partial charge is 0.377 e. The molecule has 6 nitrogen and oxygen atoms in total. The maximum atomic E-state index is 9.72. The molecule has 3 aromatic heterocycles. The number of aromatic amines is 1. The standard InChI is InChI=1S/C25H20N6/c1-15(17-6-4-3-5-7-17)29-24-20(12-26)14-27-23-9-8-18(10-22(23)24)19-11-21-16(2)30-31-25(21)28-13-19/h3-11,13-15H,1-2H3,(H,27,29)(H,28,30,31). The van der Waals surface area contributed by atoms with Crippen molar-refractivity contribution in [3.63, 3.8) is 0 Å². The summed E-state index contributed by atoms with van der Waals surface area (Å²) in [6, 6.07) is 20.7. The van der Waals surface area contributed by atoms with Crippen LogP contribution in [-0.4, -0.2) is 20.2 Å². The van der Waals surface area contributed by atoms with Crippen LogP contribution in [0, 0.1) is 18.3 Å². The van der Waals surface area contributed by atoms with Gasteiger partial charge in [-0.2, -0.15) is 10.4 Å². The second-order valence-corrected chi connectivity index (χ2v) is 7.60. The van der Waals surface area contributed by atoms with Gasteiger partial charge in [0.25, 0.3) is 0 Å². The summed E-state index contributed by atoms with van der Waals surface area (Å²) < 4.78 is 0. The molecule has 0 radical (unpaired) electrons. The molecule has 0 bridgehead atoms. The Balaban J connectivity index is 1.63. The minimum absolute atomic E-state index is 0.0363. The number of nitriles is 1. The van der Waals surface area contributed by atoms with Crippen molar-refractivity contribution in [2.45, 2.75) is 19.9 Å². The Morgan fingerprint density at radius 3 is 2.58 bits per heavy atom. The SMILES string of the molecule is Cc1n[nH]c2ncc(-c3ccc4ncc(C#N)c(NC(C)c5ccccc5)c4c3)cc12. The first-order valence-corrected chi connectivity index (χ1v) is 10.1. The zero-order valence-corrected chi connectivity index (χ0v) is 17.2. The van der Waals surface area contributed by atoms with E-state index in [-0.39, 0.29) is 6.04 Å². The van der Waals surface area contributed by atoms with Crippen molar-refractivity contribution in [2.24, 2.45) is 0 Å². The molecule has 0 aliphatic rings. The van der Waals surface area contributed by atoms with Crippen molar-refractivity contribution >= 4 is 27.6 Å². The van der Waals surface area contributed by atoms with Crippen molar-refractivity contribution in [3.05, 3.63) is 83.8 Å². The first kappa shape index (κ1) is 18.8. The Hall–Kier alpha value is -4.24. The molecule has 5 rings (SSSR count). The Bertz CT molecular complexity index is 1450. The predicted molar refractivity (Wildman–Crippen MR) is 123 cm³/mol. The normalized spacial score (nSPS) is 12.0. The van der Waals surface area contributed by atoms with E-state index < -0.39 is 0 Å². The number of hydrogen-bond donors (Lipinski definition) is 2. The number of aryl methyl sites for hydroxylation is 1. The van der Waals surface area contributed by atoms with E-state index in [4.69, 9.17) is 0 Å². The second-order valence-electron chi connectivity index (χ2n) is 7.60. The summed E-state index contributed by atoms with van der Waals surface area (Å²) in [7, 11) is 0. The van der Waals surface area contributed by atoms with Crippen LogP contribution in [0.5, 0.6) is 0 Å². The van der Waals surface area contributed by atoms with Crippen molar-refractivity contribution in [1.29, 1.82) is 5.26 Å². The highest BCUT2D eigenvalue weighted by atomic mass is 15.1. The molecule has 0 aliphatic heterocycles. The number of rotatable bonds is 4. The van der Waals surface area contributed by atoms with Crippen LogP contribution in [0.3, 0.4) is 0 Å². The molecule has 2 N–H and O–H groups in total. The van der Waals surface area contributed by atoms with Crippen LogP contribution in [0.1, 0.15) is 29.8 Å². The van der Waals surface area contributed by atoms with Gasteiger partial charge in [0.05, 0.1) is 22.5 Å². The van der Waals surface area contributed by atoms with Gasteiger partial charge in [0.15, 0.2) is 5.65 Å². The van der Waals surface area contributed by atoms with Crippen LogP contribution < -0.4 is 5.32 Å². The van der Waals surface area contributed by atoms with Gasteiger partial charge >= 0.3 is 0 Å². The van der Waals surface area contributed by atoms with Gasteiger partial charge in [-0.1, -0.05) is 36.4 Å². The van der Waals surface area contributed by atoms with Gasteiger partial charge in [0.1, 0.15) is 6.07 Å². The van der Waals surface area contributed by atoms with E-state index in [1.807, 2.05) is 43.5 Å². The molecule has 150 valence electrons. The van der Waals surface area contributed by atoms with Gasteiger partial charge in [-0.05, 0) is 43.2 Å². The topological polar surface area (TPSA) is 90.3 Å². The fraction of sp³-hybridized carbons (Fsp3) is 0.120. The maximum Gasteiger partial charge on any atom is 0.155 e. The summed E-state index contributed by atoms with van der Waals surface area (Å²) in [6.07, 6.45) is 3.47. The lowest BCUT2D eigenvalue weighted by Gasteiger charge is -2.18. The molecule has 0 aliphatic carbocycles. The smallest absolute Gasteiger partial charge is 0.155 e. The van der Waals surface area contributed by atoms with Crippen LogP contribution in [0.15, 0.2) is 67.0 Å². The summed E-state index contributed by atoms with van der Waals surface area (Å²) >= 11 is 0. The minimum atomic E-state index is 0.0363. The zero-order valence-electron chi connectivity index (χ0n) is 17.2. The molecule has 2 aromatic carbocycles. The van der Waals surface area contributed by atoms with Gasteiger partial charge in [-0.25, -0.2) is 4.98 Å². The fourth-order valence-corrected chi connectivity index (χ4v) is 3.84. The number of fused-ring (bicyclic) bond motifs is 2. The number of nitrogens with zero attached hydrogens (tertiary/aromatic N) is 4. The first-order chi connectivity index (χ1) is 15.1. The van der Waals surface area contributed by atoms with Gasteiger partial charge < -0.3 is 5.32 Å². The minimum Gasteiger partial charge on any atom is -0.377 e. The van der Waals surface area contributed by atoms with Crippen molar-refractivity contribution in [3.8, 4) is 17.2 Å². The molecule has 0 saturated heterocycles. The number of aromatic nitrogens is 4. The van der Waals surface area contributed by atoms with Gasteiger partial charge in [-0.15, -0.1) is 0 Å². The predicted octanol–water partition coefficient (Wildman–Crippen LogP) is 5.53. The molecular formula is C25H20N6.